The molecule has 0 saturated carbocycles. The van der Waals surface area contributed by atoms with E-state index in [0.717, 1.165) is 6.21 Å². The summed E-state index contributed by atoms with van der Waals surface area (Å²) in [4.78, 5) is 15.6. The largest absolute Gasteiger partial charge is 0.485 e. The van der Waals surface area contributed by atoms with Gasteiger partial charge in [0, 0.05) is 5.56 Å². The van der Waals surface area contributed by atoms with Crippen LogP contribution in [0.4, 0.5) is 0 Å². The number of carbonyl (C=O) groups is 1. The molecule has 0 aliphatic carbocycles. The van der Waals surface area contributed by atoms with E-state index in [1.807, 2.05) is 6.07 Å². The molecule has 116 valence electrons. The van der Waals surface area contributed by atoms with E-state index in [2.05, 4.69) is 4.99 Å². The zero-order valence-electron chi connectivity index (χ0n) is 12.7. The Morgan fingerprint density at radius 3 is 2.95 bits per heavy atom. The van der Waals surface area contributed by atoms with Crippen molar-refractivity contribution in [2.24, 2.45) is 4.99 Å². The number of rotatable bonds is 3. The number of benzene rings is 1. The predicted octanol–water partition coefficient (Wildman–Crippen LogP) is 1.77. The van der Waals surface area contributed by atoms with Crippen LogP contribution >= 0.6 is 0 Å². The van der Waals surface area contributed by atoms with Crippen LogP contribution in [0.1, 0.15) is 37.9 Å². The summed E-state index contributed by atoms with van der Waals surface area (Å²) >= 11 is 0. The van der Waals surface area contributed by atoms with E-state index in [1.54, 1.807) is 39.0 Å². The van der Waals surface area contributed by atoms with Gasteiger partial charge in [-0.1, -0.05) is 0 Å². The number of ether oxygens (including phenoxy) is 2. The van der Waals surface area contributed by atoms with E-state index >= 15 is 0 Å². The number of hydrogen-bond donors (Lipinski definition) is 1. The average Bonchev–Trinajstić information content (AvgIpc) is 2.47. The van der Waals surface area contributed by atoms with Crippen LogP contribution < -0.4 is 4.74 Å². The Balaban J connectivity index is 2.42. The van der Waals surface area contributed by atoms with Gasteiger partial charge in [-0.05, 0) is 39.0 Å². The zero-order chi connectivity index (χ0) is 16.3. The fourth-order valence-corrected chi connectivity index (χ4v) is 2.32. The van der Waals surface area contributed by atoms with Gasteiger partial charge in [0.1, 0.15) is 29.7 Å². The van der Waals surface area contributed by atoms with Crippen molar-refractivity contribution in [3.05, 3.63) is 29.3 Å². The van der Waals surface area contributed by atoms with Gasteiger partial charge in [0.25, 0.3) is 0 Å². The lowest BCUT2D eigenvalue weighted by Crippen LogP contribution is -2.48. The summed E-state index contributed by atoms with van der Waals surface area (Å²) in [6, 6.07) is 6.26. The normalized spacial score (nSPS) is 22.5. The Morgan fingerprint density at radius 2 is 2.32 bits per heavy atom. The molecule has 2 atom stereocenters. The van der Waals surface area contributed by atoms with Crippen LogP contribution in [0.2, 0.25) is 0 Å². The lowest BCUT2D eigenvalue weighted by atomic mass is 9.86. The fourth-order valence-electron chi connectivity index (χ4n) is 2.32. The number of aliphatic imine (C=N–C) groups is 1. The molecule has 0 radical (unpaired) electrons. The van der Waals surface area contributed by atoms with Gasteiger partial charge in [-0.15, -0.1) is 0 Å². The van der Waals surface area contributed by atoms with Crippen molar-refractivity contribution in [1.82, 2.24) is 0 Å². The molecule has 2 rings (SSSR count). The monoisotopic (exact) mass is 302 g/mol. The summed E-state index contributed by atoms with van der Waals surface area (Å²) < 4.78 is 10.6. The highest BCUT2D eigenvalue weighted by molar-refractivity contribution is 6.23. The van der Waals surface area contributed by atoms with E-state index in [9.17, 15) is 9.90 Å². The summed E-state index contributed by atoms with van der Waals surface area (Å²) in [5.41, 5.74) is 0.148. The van der Waals surface area contributed by atoms with Crippen LogP contribution in [0.5, 0.6) is 5.75 Å². The molecule has 1 aromatic rings. The van der Waals surface area contributed by atoms with E-state index in [-0.39, 0.29) is 6.61 Å². The summed E-state index contributed by atoms with van der Waals surface area (Å²) in [5, 5.41) is 19.5. The summed E-state index contributed by atoms with van der Waals surface area (Å²) in [6.45, 7) is 5.44. The van der Waals surface area contributed by atoms with Crippen molar-refractivity contribution in [2.45, 2.75) is 38.5 Å². The van der Waals surface area contributed by atoms with Crippen LogP contribution in [0.15, 0.2) is 23.2 Å². The minimum atomic E-state index is -0.959. The van der Waals surface area contributed by atoms with Gasteiger partial charge in [-0.2, -0.15) is 5.26 Å². The maximum Gasteiger partial charge on any atom is 0.348 e. The minimum absolute atomic E-state index is 0.252. The molecular formula is C16H18N2O4. The maximum absolute atomic E-state index is 11.5. The number of fused-ring (bicyclic) bond motifs is 1. The van der Waals surface area contributed by atoms with Crippen molar-refractivity contribution < 1.29 is 19.4 Å². The molecule has 1 N–H and O–H groups in total. The minimum Gasteiger partial charge on any atom is -0.485 e. The lowest BCUT2D eigenvalue weighted by Gasteiger charge is -2.40. The highest BCUT2D eigenvalue weighted by atomic mass is 16.5. The van der Waals surface area contributed by atoms with E-state index < -0.39 is 23.7 Å². The third-order valence-electron chi connectivity index (χ3n) is 3.47. The smallest absolute Gasteiger partial charge is 0.348 e. The number of nitriles is 1. The second-order valence-electron chi connectivity index (χ2n) is 5.49. The molecule has 0 amide bonds. The Bertz CT molecular complexity index is 646. The molecular weight excluding hydrogens is 284 g/mol. The first kappa shape index (κ1) is 16.0. The first-order chi connectivity index (χ1) is 10.4. The van der Waals surface area contributed by atoms with Crippen molar-refractivity contribution in [2.75, 3.05) is 6.61 Å². The van der Waals surface area contributed by atoms with Crippen molar-refractivity contribution in [3.8, 4) is 11.8 Å². The number of hydrogen-bond acceptors (Lipinski definition) is 6. The van der Waals surface area contributed by atoms with E-state index in [1.165, 1.54) is 0 Å². The molecule has 0 bridgehead atoms. The molecule has 1 aromatic carbocycles. The third kappa shape index (κ3) is 3.10. The highest BCUT2D eigenvalue weighted by Gasteiger charge is 2.42. The van der Waals surface area contributed by atoms with Crippen LogP contribution in [0, 0.1) is 11.3 Å². The van der Waals surface area contributed by atoms with E-state index in [0.29, 0.717) is 16.9 Å². The molecule has 0 aromatic heterocycles. The quantitative estimate of drug-likeness (QED) is 0.678. The van der Waals surface area contributed by atoms with Gasteiger partial charge in [0.2, 0.25) is 0 Å². The summed E-state index contributed by atoms with van der Waals surface area (Å²) in [6.07, 6.45) is 0.0985. The molecule has 0 unspecified atom stereocenters. The molecule has 0 saturated heterocycles. The molecule has 0 fully saturated rings. The maximum atomic E-state index is 11.5. The molecule has 6 nitrogen and oxygen atoms in total. The van der Waals surface area contributed by atoms with Crippen LogP contribution in [0.3, 0.4) is 0 Å². The van der Waals surface area contributed by atoms with Gasteiger partial charge in [-0.3, -0.25) is 4.99 Å². The SMILES string of the molecule is CCOC(=O)C=N[C@@H]1c2cc(C#N)ccc2OC(C)(C)[C@H]1O. The molecule has 6 heteroatoms. The second kappa shape index (κ2) is 6.16. The molecule has 1 heterocycles. The van der Waals surface area contributed by atoms with Gasteiger partial charge < -0.3 is 14.6 Å². The first-order valence-corrected chi connectivity index (χ1v) is 7.00. The van der Waals surface area contributed by atoms with Crippen molar-refractivity contribution in [1.29, 1.82) is 5.26 Å². The predicted molar refractivity (Wildman–Crippen MR) is 79.7 cm³/mol. The topological polar surface area (TPSA) is 91.9 Å². The highest BCUT2D eigenvalue weighted by Crippen LogP contribution is 2.42. The lowest BCUT2D eigenvalue weighted by molar-refractivity contribution is -0.134. The van der Waals surface area contributed by atoms with Crippen molar-refractivity contribution >= 4 is 12.2 Å². The first-order valence-electron chi connectivity index (χ1n) is 7.00. The van der Waals surface area contributed by atoms with Crippen LogP contribution in [-0.2, 0) is 9.53 Å². The average molecular weight is 302 g/mol. The van der Waals surface area contributed by atoms with E-state index in [4.69, 9.17) is 14.7 Å². The van der Waals surface area contributed by atoms with Gasteiger partial charge in [0.15, 0.2) is 0 Å². The molecule has 0 spiro atoms. The summed E-state index contributed by atoms with van der Waals surface area (Å²) in [7, 11) is 0. The Kier molecular flexibility index (Phi) is 4.48. The van der Waals surface area contributed by atoms with Gasteiger partial charge in [-0.25, -0.2) is 4.79 Å². The Hall–Kier alpha value is -2.39. The number of aliphatic hydroxyl groups is 1. The van der Waals surface area contributed by atoms with Gasteiger partial charge >= 0.3 is 5.97 Å². The molecule has 1 aliphatic rings. The Labute approximate surface area is 129 Å². The summed E-state index contributed by atoms with van der Waals surface area (Å²) in [5.74, 6) is -0.0303. The molecule has 22 heavy (non-hydrogen) atoms. The van der Waals surface area contributed by atoms with Crippen molar-refractivity contribution in [3.63, 3.8) is 0 Å². The van der Waals surface area contributed by atoms with Crippen LogP contribution in [-0.4, -0.2) is 35.6 Å². The zero-order valence-corrected chi connectivity index (χ0v) is 12.7. The number of esters is 1. The standard InChI is InChI=1S/C16H18N2O4/c1-4-21-13(19)9-18-14-11-7-10(8-17)5-6-12(11)22-16(2,3)15(14)20/h5-7,9,14-15,20H,4H2,1-3H3/t14-,15+/m1/s1. The second-order valence-corrected chi connectivity index (χ2v) is 5.49. The van der Waals surface area contributed by atoms with Gasteiger partial charge in [0.05, 0.1) is 18.2 Å². The van der Waals surface area contributed by atoms with Crippen LogP contribution in [0.25, 0.3) is 0 Å². The number of carbonyl (C=O) groups excluding carboxylic acids is 1. The Morgan fingerprint density at radius 1 is 1.59 bits per heavy atom. The number of nitrogens with zero attached hydrogens (tertiary/aromatic N) is 2. The molecule has 1 aliphatic heterocycles. The third-order valence-corrected chi connectivity index (χ3v) is 3.47. The number of aliphatic hydroxyl groups excluding tert-OH is 1. The fraction of sp³-hybridized carbons (Fsp3) is 0.438.